The second kappa shape index (κ2) is 5.87. The maximum absolute atomic E-state index is 11.7. The minimum atomic E-state index is -0.685. The zero-order chi connectivity index (χ0) is 14.6. The predicted molar refractivity (Wildman–Crippen MR) is 74.1 cm³/mol. The van der Waals surface area contributed by atoms with E-state index in [1.54, 1.807) is 20.8 Å². The first-order valence-electron chi connectivity index (χ1n) is 6.25. The summed E-state index contributed by atoms with van der Waals surface area (Å²) in [6.45, 7) is 9.23. The quantitative estimate of drug-likeness (QED) is 0.853. The summed E-state index contributed by atoms with van der Waals surface area (Å²) in [7, 11) is 0. The average Bonchev–Trinajstić information content (AvgIpc) is 2.27. The molecule has 19 heavy (non-hydrogen) atoms. The Morgan fingerprint density at radius 2 is 1.95 bits per heavy atom. The zero-order valence-corrected chi connectivity index (χ0v) is 12.1. The van der Waals surface area contributed by atoms with Gasteiger partial charge in [0.25, 0.3) is 0 Å². The average molecular weight is 263 g/mol. The van der Waals surface area contributed by atoms with E-state index in [4.69, 9.17) is 4.74 Å². The molecular formula is C15H21NO3. The van der Waals surface area contributed by atoms with Gasteiger partial charge in [-0.2, -0.15) is 0 Å². The van der Waals surface area contributed by atoms with Crippen LogP contribution in [0.2, 0.25) is 0 Å². The minimum Gasteiger partial charge on any atom is -0.444 e. The van der Waals surface area contributed by atoms with Gasteiger partial charge in [-0.15, -0.1) is 0 Å². The molecule has 0 bridgehead atoms. The Balaban J connectivity index is 2.87. The van der Waals surface area contributed by atoms with Gasteiger partial charge in [-0.3, -0.25) is 0 Å². The van der Waals surface area contributed by atoms with Crippen molar-refractivity contribution in [3.05, 3.63) is 34.9 Å². The van der Waals surface area contributed by atoms with Gasteiger partial charge in [0.1, 0.15) is 17.9 Å². The van der Waals surface area contributed by atoms with E-state index in [0.717, 1.165) is 16.7 Å². The van der Waals surface area contributed by atoms with Gasteiger partial charge in [0.15, 0.2) is 0 Å². The lowest BCUT2D eigenvalue weighted by Crippen LogP contribution is -2.35. The fourth-order valence-electron chi connectivity index (χ4n) is 1.73. The highest BCUT2D eigenvalue weighted by atomic mass is 16.6. The molecule has 0 fully saturated rings. The molecule has 4 nitrogen and oxygen atoms in total. The molecule has 1 N–H and O–H groups in total. The number of amides is 1. The standard InChI is InChI=1S/C15H21NO3/c1-10-7-6-8-12(11(10)2)13(9-17)16-14(18)19-15(3,4)5/h6-9,13H,1-5H3,(H,16,18). The van der Waals surface area contributed by atoms with Crippen LogP contribution < -0.4 is 5.32 Å². The third kappa shape index (κ3) is 4.39. The van der Waals surface area contributed by atoms with Crippen LogP contribution in [0.25, 0.3) is 0 Å². The van der Waals surface area contributed by atoms with Crippen LogP contribution in [0.1, 0.15) is 43.5 Å². The Morgan fingerprint density at radius 3 is 2.47 bits per heavy atom. The zero-order valence-electron chi connectivity index (χ0n) is 12.1. The lowest BCUT2D eigenvalue weighted by molar-refractivity contribution is -0.109. The lowest BCUT2D eigenvalue weighted by atomic mass is 9.98. The predicted octanol–water partition coefficient (Wildman–Crippen LogP) is 3.07. The number of carbonyl (C=O) groups excluding carboxylic acids is 2. The summed E-state index contributed by atoms with van der Waals surface area (Å²) in [5.74, 6) is 0. The summed E-state index contributed by atoms with van der Waals surface area (Å²) < 4.78 is 5.15. The largest absolute Gasteiger partial charge is 0.444 e. The van der Waals surface area contributed by atoms with E-state index in [1.807, 2.05) is 32.0 Å². The van der Waals surface area contributed by atoms with Crippen LogP contribution in [-0.2, 0) is 9.53 Å². The number of benzene rings is 1. The first-order valence-corrected chi connectivity index (χ1v) is 6.25. The molecule has 0 aliphatic heterocycles. The van der Waals surface area contributed by atoms with Gasteiger partial charge in [0.05, 0.1) is 0 Å². The van der Waals surface area contributed by atoms with E-state index in [-0.39, 0.29) is 0 Å². The number of alkyl carbamates (subject to hydrolysis) is 1. The van der Waals surface area contributed by atoms with Crippen molar-refractivity contribution in [3.8, 4) is 0 Å². The first-order chi connectivity index (χ1) is 8.74. The van der Waals surface area contributed by atoms with Crippen molar-refractivity contribution >= 4 is 12.4 Å². The van der Waals surface area contributed by atoms with Crippen LogP contribution in [0.15, 0.2) is 18.2 Å². The molecule has 4 heteroatoms. The van der Waals surface area contributed by atoms with E-state index in [0.29, 0.717) is 6.29 Å². The molecule has 1 aromatic rings. The molecule has 0 aliphatic carbocycles. The summed E-state index contributed by atoms with van der Waals surface area (Å²) in [6.07, 6.45) is 0.122. The van der Waals surface area contributed by atoms with E-state index in [1.165, 1.54) is 0 Å². The molecule has 1 amide bonds. The second-order valence-electron chi connectivity index (χ2n) is 5.55. The molecule has 1 unspecified atom stereocenters. The molecule has 0 saturated heterocycles. The van der Waals surface area contributed by atoms with Gasteiger partial charge in [0, 0.05) is 0 Å². The van der Waals surface area contributed by atoms with Crippen molar-refractivity contribution in [2.45, 2.75) is 46.3 Å². The molecule has 0 saturated carbocycles. The SMILES string of the molecule is Cc1cccc(C(C=O)NC(=O)OC(C)(C)C)c1C. The Morgan fingerprint density at radius 1 is 1.32 bits per heavy atom. The maximum atomic E-state index is 11.7. The topological polar surface area (TPSA) is 55.4 Å². The summed E-state index contributed by atoms with van der Waals surface area (Å²) in [4.78, 5) is 22.9. The molecule has 0 radical (unpaired) electrons. The Kier molecular flexibility index (Phi) is 4.70. The van der Waals surface area contributed by atoms with Crippen molar-refractivity contribution in [2.75, 3.05) is 0 Å². The summed E-state index contributed by atoms with van der Waals surface area (Å²) in [5, 5.41) is 2.58. The van der Waals surface area contributed by atoms with E-state index in [2.05, 4.69) is 5.32 Å². The number of aryl methyl sites for hydroxylation is 1. The summed E-state index contributed by atoms with van der Waals surface area (Å²) in [6, 6.07) is 4.98. The van der Waals surface area contributed by atoms with Gasteiger partial charge >= 0.3 is 6.09 Å². The molecule has 1 aromatic carbocycles. The smallest absolute Gasteiger partial charge is 0.408 e. The van der Waals surface area contributed by atoms with Crippen LogP contribution >= 0.6 is 0 Å². The van der Waals surface area contributed by atoms with Gasteiger partial charge in [-0.05, 0) is 51.3 Å². The Hall–Kier alpha value is -1.84. The van der Waals surface area contributed by atoms with Crippen molar-refractivity contribution in [3.63, 3.8) is 0 Å². The number of ether oxygens (including phenoxy) is 1. The Labute approximate surface area is 114 Å². The van der Waals surface area contributed by atoms with E-state index in [9.17, 15) is 9.59 Å². The van der Waals surface area contributed by atoms with Crippen LogP contribution in [0.3, 0.4) is 0 Å². The number of aldehydes is 1. The second-order valence-corrected chi connectivity index (χ2v) is 5.55. The minimum absolute atomic E-state index is 0.584. The van der Waals surface area contributed by atoms with Crippen LogP contribution in [0, 0.1) is 13.8 Å². The number of carbonyl (C=O) groups is 2. The normalized spacial score (nSPS) is 12.7. The van der Waals surface area contributed by atoms with Gasteiger partial charge < -0.3 is 14.8 Å². The molecule has 1 rings (SSSR count). The highest BCUT2D eigenvalue weighted by Crippen LogP contribution is 2.19. The number of hydrogen-bond acceptors (Lipinski definition) is 3. The van der Waals surface area contributed by atoms with Gasteiger partial charge in [-0.1, -0.05) is 18.2 Å². The monoisotopic (exact) mass is 263 g/mol. The van der Waals surface area contributed by atoms with E-state index < -0.39 is 17.7 Å². The number of hydrogen-bond donors (Lipinski definition) is 1. The maximum Gasteiger partial charge on any atom is 0.408 e. The van der Waals surface area contributed by atoms with E-state index >= 15 is 0 Å². The van der Waals surface area contributed by atoms with Crippen molar-refractivity contribution in [1.29, 1.82) is 0 Å². The van der Waals surface area contributed by atoms with Crippen molar-refractivity contribution in [2.24, 2.45) is 0 Å². The number of nitrogens with one attached hydrogen (secondary N) is 1. The van der Waals surface area contributed by atoms with Gasteiger partial charge in [-0.25, -0.2) is 4.79 Å². The van der Waals surface area contributed by atoms with Crippen LogP contribution in [-0.4, -0.2) is 18.0 Å². The molecule has 104 valence electrons. The Bertz CT molecular complexity index is 475. The number of rotatable bonds is 3. The highest BCUT2D eigenvalue weighted by Gasteiger charge is 2.21. The summed E-state index contributed by atoms with van der Waals surface area (Å²) in [5.41, 5.74) is 2.28. The molecule has 0 spiro atoms. The molecule has 0 heterocycles. The van der Waals surface area contributed by atoms with Crippen molar-refractivity contribution in [1.82, 2.24) is 5.32 Å². The molecule has 0 aliphatic rings. The van der Waals surface area contributed by atoms with Gasteiger partial charge in [0.2, 0.25) is 0 Å². The highest BCUT2D eigenvalue weighted by molar-refractivity contribution is 5.75. The van der Waals surface area contributed by atoms with Crippen LogP contribution in [0.4, 0.5) is 4.79 Å². The molecular weight excluding hydrogens is 242 g/mol. The van der Waals surface area contributed by atoms with Crippen molar-refractivity contribution < 1.29 is 14.3 Å². The molecule has 0 aromatic heterocycles. The van der Waals surface area contributed by atoms with Crippen LogP contribution in [0.5, 0.6) is 0 Å². The fraction of sp³-hybridized carbons (Fsp3) is 0.467. The fourth-order valence-corrected chi connectivity index (χ4v) is 1.73. The third-order valence-electron chi connectivity index (χ3n) is 2.79. The first kappa shape index (κ1) is 15.2. The molecule has 1 atom stereocenters. The summed E-state index contributed by atoms with van der Waals surface area (Å²) >= 11 is 0. The third-order valence-corrected chi connectivity index (χ3v) is 2.79. The lowest BCUT2D eigenvalue weighted by Gasteiger charge is -2.22.